The van der Waals surface area contributed by atoms with Crippen molar-refractivity contribution in [3.05, 3.63) is 71.9 Å². The van der Waals surface area contributed by atoms with Crippen LogP contribution < -0.4 is 4.74 Å². The summed E-state index contributed by atoms with van der Waals surface area (Å²) in [6.45, 7) is 2.04. The Morgan fingerprint density at radius 1 is 1.00 bits per heavy atom. The van der Waals surface area contributed by atoms with Gasteiger partial charge in [0.15, 0.2) is 6.10 Å². The first kappa shape index (κ1) is 14.3. The lowest BCUT2D eigenvalue weighted by Gasteiger charge is -2.29. The molecule has 0 saturated heterocycles. The number of hydrogen-bond donors (Lipinski definition) is 0. The van der Waals surface area contributed by atoms with Gasteiger partial charge in [-0.25, -0.2) is 0 Å². The molecule has 114 valence electrons. The molecule has 4 rings (SSSR count). The Hall–Kier alpha value is -2.33. The second kappa shape index (κ2) is 6.05. The Labute approximate surface area is 139 Å². The molecule has 0 amide bonds. The van der Waals surface area contributed by atoms with Crippen LogP contribution in [0.3, 0.4) is 0 Å². The molecule has 23 heavy (non-hydrogen) atoms. The van der Waals surface area contributed by atoms with Crippen LogP contribution in [0.5, 0.6) is 5.75 Å². The van der Waals surface area contributed by atoms with Crippen LogP contribution >= 0.6 is 11.8 Å². The topological polar surface area (TPSA) is 34.0 Å². The molecule has 2 atom stereocenters. The van der Waals surface area contributed by atoms with Gasteiger partial charge in [-0.05, 0) is 24.6 Å². The maximum Gasteiger partial charge on any atom is 0.158 e. The molecular formula is C19H16N2OS. The molecule has 0 aromatic heterocycles. The summed E-state index contributed by atoms with van der Waals surface area (Å²) in [7, 11) is 0. The van der Waals surface area contributed by atoms with Crippen LogP contribution in [0.4, 0.5) is 5.69 Å². The summed E-state index contributed by atoms with van der Waals surface area (Å²) in [6.07, 6.45) is 3.63. The second-order valence-corrected chi connectivity index (χ2v) is 6.77. The van der Waals surface area contributed by atoms with E-state index < -0.39 is 0 Å². The minimum Gasteiger partial charge on any atom is -0.478 e. The van der Waals surface area contributed by atoms with E-state index in [1.54, 1.807) is 11.8 Å². The first-order chi connectivity index (χ1) is 11.3. The zero-order valence-corrected chi connectivity index (χ0v) is 13.5. The van der Waals surface area contributed by atoms with Crippen molar-refractivity contribution in [2.24, 2.45) is 9.98 Å². The van der Waals surface area contributed by atoms with E-state index in [-0.39, 0.29) is 11.4 Å². The second-order valence-electron chi connectivity index (χ2n) is 5.47. The van der Waals surface area contributed by atoms with Crippen LogP contribution in [0.1, 0.15) is 17.7 Å². The van der Waals surface area contributed by atoms with Crippen LogP contribution in [0.2, 0.25) is 0 Å². The molecule has 2 aliphatic rings. The standard InChI is InChI=1S/C19H16N2OS/c1-13-20-11-15(19(23-13)14-7-3-2-4-8-14)18-12-21-16-9-5-6-10-17(16)22-18/h2-12,18-19H,1H3. The highest BCUT2D eigenvalue weighted by molar-refractivity contribution is 8.14. The van der Waals surface area contributed by atoms with Crippen LogP contribution in [0, 0.1) is 0 Å². The van der Waals surface area contributed by atoms with E-state index in [9.17, 15) is 0 Å². The fourth-order valence-corrected chi connectivity index (χ4v) is 3.82. The molecule has 0 radical (unpaired) electrons. The van der Waals surface area contributed by atoms with Gasteiger partial charge < -0.3 is 4.74 Å². The van der Waals surface area contributed by atoms with E-state index in [4.69, 9.17) is 4.74 Å². The summed E-state index contributed by atoms with van der Waals surface area (Å²) in [6, 6.07) is 18.3. The molecule has 0 aliphatic carbocycles. The first-order valence-electron chi connectivity index (χ1n) is 7.57. The SMILES string of the molecule is CC1=NC=C(C2C=Nc3ccccc3O2)C(c2ccccc2)S1. The minimum absolute atomic E-state index is 0.181. The molecule has 4 heteroatoms. The van der Waals surface area contributed by atoms with Gasteiger partial charge in [-0.3, -0.25) is 9.98 Å². The Kier molecular flexibility index (Phi) is 3.75. The third-order valence-electron chi connectivity index (χ3n) is 3.89. The van der Waals surface area contributed by atoms with Gasteiger partial charge >= 0.3 is 0 Å². The Morgan fingerprint density at radius 2 is 1.78 bits per heavy atom. The first-order valence-corrected chi connectivity index (χ1v) is 8.45. The number of benzene rings is 2. The van der Waals surface area contributed by atoms with E-state index in [0.29, 0.717) is 0 Å². The average molecular weight is 320 g/mol. The van der Waals surface area contributed by atoms with Crippen LogP contribution in [-0.2, 0) is 0 Å². The zero-order valence-electron chi connectivity index (χ0n) is 12.7. The van der Waals surface area contributed by atoms with Crippen molar-refractivity contribution in [3.63, 3.8) is 0 Å². The monoisotopic (exact) mass is 320 g/mol. The van der Waals surface area contributed by atoms with Crippen molar-refractivity contribution in [2.45, 2.75) is 18.3 Å². The molecule has 0 bridgehead atoms. The van der Waals surface area contributed by atoms with Gasteiger partial charge in [-0.1, -0.05) is 54.2 Å². The smallest absolute Gasteiger partial charge is 0.158 e. The molecular weight excluding hydrogens is 304 g/mol. The van der Waals surface area contributed by atoms with Gasteiger partial charge in [0.05, 0.1) is 10.3 Å². The zero-order chi connectivity index (χ0) is 15.6. The largest absolute Gasteiger partial charge is 0.478 e. The van der Waals surface area contributed by atoms with Crippen LogP contribution in [0.25, 0.3) is 0 Å². The molecule has 0 saturated carbocycles. The van der Waals surface area contributed by atoms with E-state index >= 15 is 0 Å². The molecule has 0 fully saturated rings. The quantitative estimate of drug-likeness (QED) is 0.785. The van der Waals surface area contributed by atoms with Gasteiger partial charge in [-0.15, -0.1) is 0 Å². The highest BCUT2D eigenvalue weighted by atomic mass is 32.2. The number of nitrogens with zero attached hydrogens (tertiary/aromatic N) is 2. The van der Waals surface area contributed by atoms with E-state index in [0.717, 1.165) is 22.1 Å². The van der Waals surface area contributed by atoms with Gasteiger partial charge in [0.25, 0.3) is 0 Å². The van der Waals surface area contributed by atoms with Gasteiger partial charge in [-0.2, -0.15) is 0 Å². The number of para-hydroxylation sites is 2. The lowest BCUT2D eigenvalue weighted by Crippen LogP contribution is -2.27. The highest BCUT2D eigenvalue weighted by Crippen LogP contribution is 2.43. The predicted molar refractivity (Wildman–Crippen MR) is 97.0 cm³/mol. The summed E-state index contributed by atoms with van der Waals surface area (Å²) >= 11 is 1.76. The number of fused-ring (bicyclic) bond motifs is 1. The molecule has 3 nitrogen and oxygen atoms in total. The van der Waals surface area contributed by atoms with Gasteiger partial charge in [0, 0.05) is 18.0 Å². The van der Waals surface area contributed by atoms with Gasteiger partial charge in [0.1, 0.15) is 11.4 Å². The van der Waals surface area contributed by atoms with Crippen molar-refractivity contribution in [2.75, 3.05) is 0 Å². The number of hydrogen-bond acceptors (Lipinski definition) is 4. The Balaban J connectivity index is 1.69. The highest BCUT2D eigenvalue weighted by Gasteiger charge is 2.30. The van der Waals surface area contributed by atoms with Crippen LogP contribution in [0.15, 0.2) is 76.4 Å². The number of thioether (sulfide) groups is 1. The molecule has 2 aromatic rings. The third kappa shape index (κ3) is 2.82. The number of rotatable bonds is 2. The Bertz CT molecular complexity index is 811. The number of aliphatic imine (C=N–C) groups is 2. The lowest BCUT2D eigenvalue weighted by atomic mass is 10.00. The molecule has 2 unspecified atom stereocenters. The fraction of sp³-hybridized carbons (Fsp3) is 0.158. The Morgan fingerprint density at radius 3 is 2.65 bits per heavy atom. The van der Waals surface area contributed by atoms with Gasteiger partial charge in [0.2, 0.25) is 0 Å². The van der Waals surface area contributed by atoms with Crippen molar-refractivity contribution >= 4 is 28.7 Å². The van der Waals surface area contributed by atoms with Crippen molar-refractivity contribution in [1.82, 2.24) is 0 Å². The van der Waals surface area contributed by atoms with E-state index in [2.05, 4.69) is 34.3 Å². The van der Waals surface area contributed by atoms with Crippen molar-refractivity contribution in [3.8, 4) is 5.75 Å². The molecule has 2 heterocycles. The normalized spacial score (nSPS) is 22.7. The van der Waals surface area contributed by atoms with E-state index in [1.165, 1.54) is 5.56 Å². The summed E-state index contributed by atoms with van der Waals surface area (Å²) in [5, 5.41) is 1.27. The molecule has 0 N–H and O–H groups in total. The molecule has 2 aromatic carbocycles. The maximum atomic E-state index is 6.16. The van der Waals surface area contributed by atoms with Crippen molar-refractivity contribution in [1.29, 1.82) is 0 Å². The average Bonchev–Trinajstić information content (AvgIpc) is 2.62. The minimum atomic E-state index is -0.181. The van der Waals surface area contributed by atoms with E-state index in [1.807, 2.05) is 49.7 Å². The predicted octanol–water partition coefficient (Wildman–Crippen LogP) is 4.94. The third-order valence-corrected chi connectivity index (χ3v) is 5.11. The summed E-state index contributed by atoms with van der Waals surface area (Å²) in [4.78, 5) is 9.04. The molecule has 0 spiro atoms. The fourth-order valence-electron chi connectivity index (χ4n) is 2.75. The maximum absolute atomic E-state index is 6.16. The molecule has 2 aliphatic heterocycles. The summed E-state index contributed by atoms with van der Waals surface area (Å²) < 4.78 is 6.16. The summed E-state index contributed by atoms with van der Waals surface area (Å²) in [5.74, 6) is 0.823. The number of ether oxygens (including phenoxy) is 1. The summed E-state index contributed by atoms with van der Waals surface area (Å²) in [5.41, 5.74) is 3.27. The van der Waals surface area contributed by atoms with Crippen LogP contribution in [-0.4, -0.2) is 17.4 Å². The lowest BCUT2D eigenvalue weighted by molar-refractivity contribution is 0.298. The van der Waals surface area contributed by atoms with Crippen molar-refractivity contribution < 1.29 is 4.74 Å².